The molecule has 7 nitrogen and oxygen atoms in total. The number of carbonyl (C=O) groups excluding carboxylic acids is 3. The average Bonchev–Trinajstić information content (AvgIpc) is 3.71. The Morgan fingerprint density at radius 3 is 1.76 bits per heavy atom. The highest BCUT2D eigenvalue weighted by molar-refractivity contribution is 6.07. The average molecular weight is 669 g/mol. The molecule has 0 unspecified atom stereocenters. The number of carbonyl (C=O) groups is 3. The molecule has 7 heteroatoms. The van der Waals surface area contributed by atoms with Crippen LogP contribution in [0.3, 0.4) is 0 Å². The lowest BCUT2D eigenvalue weighted by atomic mass is 9.94. The molecule has 4 aromatic carbocycles. The molecular weight excluding hydrogens is 620 g/mol. The van der Waals surface area contributed by atoms with Crippen LogP contribution in [-0.4, -0.2) is 30.8 Å². The Hall–Kier alpha value is -5.43. The molecular formula is C43H48N4O3. The number of aryl methyl sites for hydroxylation is 2. The van der Waals surface area contributed by atoms with E-state index in [1.54, 1.807) is 0 Å². The summed E-state index contributed by atoms with van der Waals surface area (Å²) in [6.45, 7) is 15.3. The molecule has 0 bridgehead atoms. The molecule has 258 valence electrons. The van der Waals surface area contributed by atoms with E-state index >= 15 is 0 Å². The predicted octanol–water partition coefficient (Wildman–Crippen LogP) is 9.46. The minimum atomic E-state index is -0.438. The maximum Gasteiger partial charge on any atom is 0.255 e. The van der Waals surface area contributed by atoms with E-state index < -0.39 is 5.41 Å². The van der Waals surface area contributed by atoms with Gasteiger partial charge in [0.2, 0.25) is 5.91 Å². The normalized spacial score (nSPS) is 13.4. The molecule has 50 heavy (non-hydrogen) atoms. The van der Waals surface area contributed by atoms with E-state index in [4.69, 9.17) is 0 Å². The van der Waals surface area contributed by atoms with Gasteiger partial charge in [0.1, 0.15) is 0 Å². The summed E-state index contributed by atoms with van der Waals surface area (Å²) in [7, 11) is 0. The summed E-state index contributed by atoms with van der Waals surface area (Å²) < 4.78 is 0. The van der Waals surface area contributed by atoms with Crippen LogP contribution in [0.15, 0.2) is 84.9 Å². The highest BCUT2D eigenvalue weighted by Gasteiger charge is 2.32. The number of nitrogens with one attached hydrogen (secondary N) is 3. The Morgan fingerprint density at radius 2 is 1.24 bits per heavy atom. The zero-order valence-corrected chi connectivity index (χ0v) is 30.2. The number of rotatable bonds is 6. The van der Waals surface area contributed by atoms with Gasteiger partial charge in [-0.25, -0.2) is 0 Å². The van der Waals surface area contributed by atoms with Gasteiger partial charge in [0, 0.05) is 52.4 Å². The van der Waals surface area contributed by atoms with Crippen LogP contribution in [0.25, 0.3) is 12.2 Å². The molecule has 2 heterocycles. The number of fused-ring (bicyclic) bond motifs is 2. The van der Waals surface area contributed by atoms with Crippen molar-refractivity contribution in [3.63, 3.8) is 0 Å². The maximum absolute atomic E-state index is 12.8. The van der Waals surface area contributed by atoms with Gasteiger partial charge >= 0.3 is 0 Å². The Morgan fingerprint density at radius 1 is 0.700 bits per heavy atom. The second-order valence-corrected chi connectivity index (χ2v) is 13.9. The van der Waals surface area contributed by atoms with E-state index in [1.165, 1.54) is 5.56 Å². The van der Waals surface area contributed by atoms with Crippen LogP contribution in [-0.2, 0) is 17.6 Å². The summed E-state index contributed by atoms with van der Waals surface area (Å²) in [5.41, 5.74) is 11.0. The lowest BCUT2D eigenvalue weighted by Gasteiger charge is -2.26. The number of hydrogen-bond donors (Lipinski definition) is 3. The second kappa shape index (κ2) is 15.4. The molecule has 4 aromatic rings. The summed E-state index contributed by atoms with van der Waals surface area (Å²) in [6, 6.07) is 23.5. The summed E-state index contributed by atoms with van der Waals surface area (Å²) >= 11 is 0. The molecule has 3 amide bonds. The van der Waals surface area contributed by atoms with Gasteiger partial charge in [-0.05, 0) is 110 Å². The topological polar surface area (TPSA) is 90.5 Å². The Bertz CT molecular complexity index is 1980. The lowest BCUT2D eigenvalue weighted by Crippen LogP contribution is -2.38. The highest BCUT2D eigenvalue weighted by Crippen LogP contribution is 2.34. The Kier molecular flexibility index (Phi) is 11.1. The third kappa shape index (κ3) is 8.40. The van der Waals surface area contributed by atoms with Crippen LogP contribution in [0.4, 0.5) is 22.7 Å². The van der Waals surface area contributed by atoms with Crippen molar-refractivity contribution in [1.82, 2.24) is 0 Å². The number of nitrogens with zero attached hydrogens (tertiary/aromatic N) is 1. The van der Waals surface area contributed by atoms with Crippen LogP contribution in [0.2, 0.25) is 0 Å². The van der Waals surface area contributed by atoms with E-state index in [-0.39, 0.29) is 17.7 Å². The first-order chi connectivity index (χ1) is 23.9. The van der Waals surface area contributed by atoms with E-state index in [9.17, 15) is 14.4 Å². The van der Waals surface area contributed by atoms with Crippen molar-refractivity contribution in [2.24, 2.45) is 5.41 Å². The van der Waals surface area contributed by atoms with Crippen molar-refractivity contribution in [1.29, 1.82) is 0 Å². The lowest BCUT2D eigenvalue weighted by molar-refractivity contribution is -0.125. The number of amides is 3. The van der Waals surface area contributed by atoms with Crippen LogP contribution in [0.1, 0.15) is 88.7 Å². The molecule has 0 aliphatic carbocycles. The first kappa shape index (κ1) is 35.9. The number of benzene rings is 4. The third-order valence-corrected chi connectivity index (χ3v) is 8.91. The fourth-order valence-electron chi connectivity index (χ4n) is 6.31. The largest absolute Gasteiger partial charge is 0.384 e. The fraction of sp³-hybridized carbons (Fsp3) is 0.279. The third-order valence-electron chi connectivity index (χ3n) is 8.91. The van der Waals surface area contributed by atoms with Gasteiger partial charge in [0.05, 0.1) is 0 Å². The van der Waals surface area contributed by atoms with Crippen molar-refractivity contribution >= 4 is 52.6 Å². The highest BCUT2D eigenvalue weighted by atomic mass is 16.2. The van der Waals surface area contributed by atoms with E-state index in [1.807, 2.05) is 144 Å². The Labute approximate surface area is 296 Å². The van der Waals surface area contributed by atoms with Gasteiger partial charge in [-0.2, -0.15) is 0 Å². The standard InChI is InChI=1S/C24H28N2O2.C19H20N2O/c1-6-7-17-8-11-20(16(2)14-17)22(27)25-19-10-9-18-12-13-26(21(18)15-19)23(28)24(3,4)5;1-3-4-14-5-8-17(13(2)11-14)19(22)21-16-7-6-15-9-10-20-18(15)12-16/h6-11,14-15H,12-13H2,1-5H3,(H,25,27);3-8,11-12,20H,9-10H2,1-2H3,(H,21,22)/b7-6+;4-3+. The minimum Gasteiger partial charge on any atom is -0.384 e. The molecule has 0 saturated heterocycles. The summed E-state index contributed by atoms with van der Waals surface area (Å²) in [6.07, 6.45) is 9.90. The van der Waals surface area contributed by atoms with Crippen LogP contribution < -0.4 is 20.9 Å². The smallest absolute Gasteiger partial charge is 0.255 e. The van der Waals surface area contributed by atoms with Gasteiger partial charge < -0.3 is 20.9 Å². The molecule has 3 N–H and O–H groups in total. The first-order valence-corrected chi connectivity index (χ1v) is 17.3. The summed E-state index contributed by atoms with van der Waals surface area (Å²) in [5.74, 6) is -0.108. The summed E-state index contributed by atoms with van der Waals surface area (Å²) in [5, 5.41) is 9.29. The molecule has 0 saturated carbocycles. The monoisotopic (exact) mass is 668 g/mol. The van der Waals surface area contributed by atoms with Gasteiger partial charge in [-0.15, -0.1) is 0 Å². The predicted molar refractivity (Wildman–Crippen MR) is 208 cm³/mol. The maximum atomic E-state index is 12.8. The van der Waals surface area contributed by atoms with E-state index in [0.29, 0.717) is 23.4 Å². The minimum absolute atomic E-state index is 0.0672. The quantitative estimate of drug-likeness (QED) is 0.191. The van der Waals surface area contributed by atoms with Gasteiger partial charge in [0.25, 0.3) is 11.8 Å². The van der Waals surface area contributed by atoms with Gasteiger partial charge in [-0.3, -0.25) is 14.4 Å². The Balaban J connectivity index is 0.000000200. The molecule has 6 rings (SSSR count). The molecule has 0 spiro atoms. The van der Waals surface area contributed by atoms with Crippen molar-refractivity contribution in [2.75, 3.05) is 33.9 Å². The van der Waals surface area contributed by atoms with Crippen molar-refractivity contribution in [2.45, 2.75) is 61.3 Å². The molecule has 0 atom stereocenters. The van der Waals surface area contributed by atoms with Gasteiger partial charge in [0.15, 0.2) is 0 Å². The van der Waals surface area contributed by atoms with Crippen molar-refractivity contribution < 1.29 is 14.4 Å². The molecule has 0 radical (unpaired) electrons. The number of allylic oxidation sites excluding steroid dienone is 2. The number of hydrogen-bond acceptors (Lipinski definition) is 4. The molecule has 2 aliphatic heterocycles. The van der Waals surface area contributed by atoms with Gasteiger partial charge in [-0.1, -0.05) is 81.5 Å². The summed E-state index contributed by atoms with van der Waals surface area (Å²) in [4.78, 5) is 39.8. The van der Waals surface area contributed by atoms with Crippen molar-refractivity contribution in [3.8, 4) is 0 Å². The fourth-order valence-corrected chi connectivity index (χ4v) is 6.31. The molecule has 0 fully saturated rings. The zero-order chi connectivity index (χ0) is 36.0. The van der Waals surface area contributed by atoms with Crippen LogP contribution >= 0.6 is 0 Å². The van der Waals surface area contributed by atoms with Crippen LogP contribution in [0, 0.1) is 19.3 Å². The molecule has 2 aliphatic rings. The van der Waals surface area contributed by atoms with Crippen molar-refractivity contribution in [3.05, 3.63) is 129 Å². The van der Waals surface area contributed by atoms with E-state index in [0.717, 1.165) is 64.3 Å². The van der Waals surface area contributed by atoms with E-state index in [2.05, 4.69) is 22.0 Å². The van der Waals surface area contributed by atoms with Crippen LogP contribution in [0.5, 0.6) is 0 Å². The first-order valence-electron chi connectivity index (χ1n) is 17.3. The second-order valence-electron chi connectivity index (χ2n) is 13.9. The SMILES string of the molecule is C/C=C/c1ccc(C(=O)Nc2ccc3c(c2)N(C(=O)C(C)(C)C)CC3)c(C)c1.C/C=C/c1ccc(C(=O)Nc2ccc3c(c2)NCC3)c(C)c1. The molecule has 0 aromatic heterocycles. The zero-order valence-electron chi connectivity index (χ0n) is 30.2. The number of anilines is 4.